The highest BCUT2D eigenvalue weighted by Gasteiger charge is 2.07. The monoisotopic (exact) mass is 140 g/mol. The Balaban J connectivity index is 3.20. The van der Waals surface area contributed by atoms with Crippen LogP contribution in [0.2, 0.25) is 6.04 Å². The van der Waals surface area contributed by atoms with E-state index in [0.29, 0.717) is 5.41 Å². The van der Waals surface area contributed by atoms with Crippen LogP contribution in [0.3, 0.4) is 0 Å². The molecule has 1 heteroatoms. The molecule has 0 radical (unpaired) electrons. The normalized spacial score (nSPS) is 12.2. The highest BCUT2D eigenvalue weighted by molar-refractivity contribution is 6.45. The summed E-state index contributed by atoms with van der Waals surface area (Å²) in [6, 6.07) is 1.31. The molecule has 0 aliphatic heterocycles. The van der Waals surface area contributed by atoms with Crippen molar-refractivity contribution in [2.75, 3.05) is 0 Å². The third-order valence-corrected chi connectivity index (χ3v) is 2.24. The molecule has 52 valence electrons. The summed E-state index contributed by atoms with van der Waals surface area (Å²) in [5.41, 5.74) is 3.27. The predicted molar refractivity (Wildman–Crippen MR) is 46.3 cm³/mol. The summed E-state index contributed by atoms with van der Waals surface area (Å²) < 4.78 is 0. The summed E-state index contributed by atoms with van der Waals surface area (Å²) in [7, 11) is -0.130. The standard InChI is InChI=1S/C8H16Si/c1-5-9-7-6-8(2,3)4/h1H,6-7,9H2,2-4H3. The van der Waals surface area contributed by atoms with Crippen LogP contribution in [0.4, 0.5) is 0 Å². The minimum Gasteiger partial charge on any atom is -0.143 e. The molecule has 0 aromatic rings. The van der Waals surface area contributed by atoms with Gasteiger partial charge in [-0.15, -0.1) is 12.0 Å². The third-order valence-electron chi connectivity index (χ3n) is 1.25. The maximum absolute atomic E-state index is 5.17. The van der Waals surface area contributed by atoms with E-state index in [9.17, 15) is 0 Å². The first kappa shape index (κ1) is 8.78. The largest absolute Gasteiger partial charge is 0.143 e. The minimum absolute atomic E-state index is 0.130. The van der Waals surface area contributed by atoms with Crippen molar-refractivity contribution in [1.82, 2.24) is 0 Å². The molecule has 0 N–H and O–H groups in total. The highest BCUT2D eigenvalue weighted by Crippen LogP contribution is 2.19. The Labute approximate surface area is 60.9 Å². The Bertz CT molecular complexity index is 103. The molecule has 0 bridgehead atoms. The van der Waals surface area contributed by atoms with E-state index in [2.05, 4.69) is 26.3 Å². The zero-order valence-electron chi connectivity index (χ0n) is 6.70. The van der Waals surface area contributed by atoms with E-state index >= 15 is 0 Å². The van der Waals surface area contributed by atoms with Crippen molar-refractivity contribution in [2.24, 2.45) is 5.41 Å². The molecule has 0 aliphatic carbocycles. The minimum atomic E-state index is -0.130. The average molecular weight is 140 g/mol. The molecule has 0 nitrogen and oxygen atoms in total. The molecule has 0 spiro atoms. The lowest BCUT2D eigenvalue weighted by atomic mass is 9.94. The van der Waals surface area contributed by atoms with Crippen LogP contribution in [0.15, 0.2) is 0 Å². The van der Waals surface area contributed by atoms with Gasteiger partial charge in [0.1, 0.15) is 9.52 Å². The van der Waals surface area contributed by atoms with Gasteiger partial charge in [-0.25, -0.2) is 0 Å². The van der Waals surface area contributed by atoms with Crippen LogP contribution in [-0.2, 0) is 0 Å². The van der Waals surface area contributed by atoms with Gasteiger partial charge in [-0.3, -0.25) is 0 Å². The zero-order chi connectivity index (χ0) is 7.33. The van der Waals surface area contributed by atoms with E-state index in [1.165, 1.54) is 12.5 Å². The van der Waals surface area contributed by atoms with Gasteiger partial charge in [0.2, 0.25) is 0 Å². The molecule has 0 unspecified atom stereocenters. The summed E-state index contributed by atoms with van der Waals surface area (Å²) >= 11 is 0. The van der Waals surface area contributed by atoms with E-state index in [1.54, 1.807) is 0 Å². The molecular formula is C8H16Si. The molecule has 0 heterocycles. The van der Waals surface area contributed by atoms with Gasteiger partial charge >= 0.3 is 0 Å². The molecule has 0 aromatic heterocycles. The van der Waals surface area contributed by atoms with Crippen molar-refractivity contribution in [3.8, 4) is 12.0 Å². The van der Waals surface area contributed by atoms with E-state index in [4.69, 9.17) is 6.42 Å². The van der Waals surface area contributed by atoms with Crippen LogP contribution in [-0.4, -0.2) is 9.52 Å². The highest BCUT2D eigenvalue weighted by atomic mass is 28.2. The fourth-order valence-corrected chi connectivity index (χ4v) is 2.16. The van der Waals surface area contributed by atoms with Gasteiger partial charge in [0.05, 0.1) is 0 Å². The van der Waals surface area contributed by atoms with Crippen LogP contribution < -0.4 is 0 Å². The lowest BCUT2D eigenvalue weighted by Gasteiger charge is -2.16. The van der Waals surface area contributed by atoms with Crippen molar-refractivity contribution < 1.29 is 0 Å². The van der Waals surface area contributed by atoms with Gasteiger partial charge in [0.25, 0.3) is 0 Å². The van der Waals surface area contributed by atoms with Crippen molar-refractivity contribution in [3.63, 3.8) is 0 Å². The maximum atomic E-state index is 5.17. The Kier molecular flexibility index (Phi) is 3.64. The molecule has 9 heavy (non-hydrogen) atoms. The second kappa shape index (κ2) is 3.74. The van der Waals surface area contributed by atoms with Crippen molar-refractivity contribution in [1.29, 1.82) is 0 Å². The van der Waals surface area contributed by atoms with Crippen LogP contribution in [0.5, 0.6) is 0 Å². The van der Waals surface area contributed by atoms with E-state index in [0.717, 1.165) is 0 Å². The molecule has 0 atom stereocenters. The lowest BCUT2D eigenvalue weighted by molar-refractivity contribution is 0.397. The molecule has 0 aromatic carbocycles. The van der Waals surface area contributed by atoms with Crippen molar-refractivity contribution in [2.45, 2.75) is 33.2 Å². The Hall–Kier alpha value is -0.223. The van der Waals surface area contributed by atoms with Gasteiger partial charge in [0, 0.05) is 0 Å². The molecule has 0 rings (SSSR count). The van der Waals surface area contributed by atoms with Crippen LogP contribution in [0.25, 0.3) is 0 Å². The molecule has 0 saturated carbocycles. The smallest absolute Gasteiger partial charge is 0.106 e. The van der Waals surface area contributed by atoms with E-state index in [1.807, 2.05) is 0 Å². The Morgan fingerprint density at radius 2 is 2.00 bits per heavy atom. The SMILES string of the molecule is C#C[SiH2]CCC(C)(C)C. The van der Waals surface area contributed by atoms with Crippen molar-refractivity contribution in [3.05, 3.63) is 0 Å². The van der Waals surface area contributed by atoms with Crippen LogP contribution in [0.1, 0.15) is 27.2 Å². The summed E-state index contributed by atoms with van der Waals surface area (Å²) in [4.78, 5) is 0. The number of terminal acetylenes is 1. The number of hydrogen-bond acceptors (Lipinski definition) is 0. The zero-order valence-corrected chi connectivity index (χ0v) is 8.11. The molecule has 0 aliphatic rings. The second-order valence-electron chi connectivity index (χ2n) is 3.62. The fourth-order valence-electron chi connectivity index (χ4n) is 0.721. The van der Waals surface area contributed by atoms with Gasteiger partial charge in [-0.2, -0.15) is 0 Å². The summed E-state index contributed by atoms with van der Waals surface area (Å²) in [6.07, 6.45) is 6.46. The first-order chi connectivity index (χ1) is 4.06. The summed E-state index contributed by atoms with van der Waals surface area (Å²) in [5.74, 6) is 0. The molecule has 0 fully saturated rings. The summed E-state index contributed by atoms with van der Waals surface area (Å²) in [5, 5.41) is 0. The lowest BCUT2D eigenvalue weighted by Crippen LogP contribution is -2.05. The second-order valence-corrected chi connectivity index (χ2v) is 5.23. The van der Waals surface area contributed by atoms with E-state index < -0.39 is 0 Å². The molecular weight excluding hydrogens is 124 g/mol. The van der Waals surface area contributed by atoms with E-state index in [-0.39, 0.29) is 9.52 Å². The first-order valence-corrected chi connectivity index (χ1v) is 5.20. The van der Waals surface area contributed by atoms with Crippen LogP contribution in [0, 0.1) is 17.4 Å². The maximum Gasteiger partial charge on any atom is 0.106 e. The van der Waals surface area contributed by atoms with Crippen molar-refractivity contribution >= 4 is 9.52 Å². The third kappa shape index (κ3) is 7.78. The van der Waals surface area contributed by atoms with Crippen LogP contribution >= 0.6 is 0 Å². The predicted octanol–water partition coefficient (Wildman–Crippen LogP) is 1.60. The topological polar surface area (TPSA) is 0 Å². The first-order valence-electron chi connectivity index (χ1n) is 3.50. The Morgan fingerprint density at radius 1 is 1.44 bits per heavy atom. The Morgan fingerprint density at radius 3 is 2.33 bits per heavy atom. The fraction of sp³-hybridized carbons (Fsp3) is 0.750. The number of hydrogen-bond donors (Lipinski definition) is 0. The van der Waals surface area contributed by atoms with Gasteiger partial charge in [-0.1, -0.05) is 33.2 Å². The van der Waals surface area contributed by atoms with Gasteiger partial charge in [0.15, 0.2) is 0 Å². The quantitative estimate of drug-likeness (QED) is 0.310. The summed E-state index contributed by atoms with van der Waals surface area (Å²) in [6.45, 7) is 6.79. The number of rotatable bonds is 2. The average Bonchev–Trinajstić information content (AvgIpc) is 1.63. The van der Waals surface area contributed by atoms with Gasteiger partial charge < -0.3 is 0 Å². The molecule has 0 saturated heterocycles. The van der Waals surface area contributed by atoms with Gasteiger partial charge in [-0.05, 0) is 5.41 Å². The molecule has 0 amide bonds.